The smallest absolute Gasteiger partial charge is 0.242 e. The molecule has 162 valence electrons. The van der Waals surface area contributed by atoms with Gasteiger partial charge in [-0.3, -0.25) is 24.1 Å². The van der Waals surface area contributed by atoms with Gasteiger partial charge in [-0.05, 0) is 18.6 Å². The molecule has 0 bridgehead atoms. The summed E-state index contributed by atoms with van der Waals surface area (Å²) in [6.07, 6.45) is 1.19. The summed E-state index contributed by atoms with van der Waals surface area (Å²) in [4.78, 5) is 52.4. The summed E-state index contributed by atoms with van der Waals surface area (Å²) in [5, 5.41) is 0.764. The predicted octanol–water partition coefficient (Wildman–Crippen LogP) is 1.97. The van der Waals surface area contributed by atoms with Crippen LogP contribution in [0.25, 0.3) is 0 Å². The lowest BCUT2D eigenvalue weighted by atomic mass is 10.2. The molecule has 0 N–H and O–H groups in total. The molecule has 8 nitrogen and oxygen atoms in total. The van der Waals surface area contributed by atoms with E-state index in [4.69, 9.17) is 27.9 Å². The monoisotopic (exact) mass is 455 g/mol. The highest BCUT2D eigenvalue weighted by Gasteiger charge is 2.32. The molecule has 0 radical (unpaired) electrons. The first-order chi connectivity index (χ1) is 14.4. The molecule has 2 aliphatic rings. The Kier molecular flexibility index (Phi) is 7.55. The third-order valence-corrected chi connectivity index (χ3v) is 5.94. The van der Waals surface area contributed by atoms with E-state index in [1.54, 1.807) is 28.0 Å². The van der Waals surface area contributed by atoms with Crippen LogP contribution in [0.2, 0.25) is 10.0 Å². The van der Waals surface area contributed by atoms with Gasteiger partial charge in [0.25, 0.3) is 0 Å². The first-order valence-corrected chi connectivity index (χ1v) is 10.6. The molecule has 1 aromatic rings. The van der Waals surface area contributed by atoms with Gasteiger partial charge in [0.15, 0.2) is 0 Å². The number of amides is 4. The van der Waals surface area contributed by atoms with Crippen molar-refractivity contribution in [2.24, 2.45) is 0 Å². The fourth-order valence-corrected chi connectivity index (χ4v) is 3.75. The minimum atomic E-state index is -0.302. The number of halogens is 2. The lowest BCUT2D eigenvalue weighted by molar-refractivity contribution is -0.147. The van der Waals surface area contributed by atoms with E-state index in [1.807, 2.05) is 0 Å². The molecule has 0 spiro atoms. The number of benzene rings is 1. The number of carbonyl (C=O) groups excluding carboxylic acids is 4. The highest BCUT2D eigenvalue weighted by atomic mass is 35.5. The second-order valence-electron chi connectivity index (χ2n) is 7.14. The van der Waals surface area contributed by atoms with Gasteiger partial charge in [0, 0.05) is 45.4 Å². The quantitative estimate of drug-likeness (QED) is 0.463. The van der Waals surface area contributed by atoms with Crippen molar-refractivity contribution in [3.05, 3.63) is 28.2 Å². The Morgan fingerprint density at radius 1 is 0.933 bits per heavy atom. The fourth-order valence-electron chi connectivity index (χ4n) is 3.40. The molecule has 0 unspecified atom stereocenters. The zero-order chi connectivity index (χ0) is 21.7. The summed E-state index contributed by atoms with van der Waals surface area (Å²) in [6.45, 7) is 1.74. The molecule has 0 aliphatic carbocycles. The van der Waals surface area contributed by atoms with Gasteiger partial charge in [-0.25, -0.2) is 0 Å². The Morgan fingerprint density at radius 2 is 1.53 bits per heavy atom. The molecule has 3 rings (SSSR count). The van der Waals surface area contributed by atoms with Crippen molar-refractivity contribution in [3.8, 4) is 5.75 Å². The summed E-state index contributed by atoms with van der Waals surface area (Å²) in [6, 6.07) is 5.13. The van der Waals surface area contributed by atoms with Crippen molar-refractivity contribution in [1.29, 1.82) is 0 Å². The maximum Gasteiger partial charge on any atom is 0.242 e. The molecule has 0 saturated carbocycles. The highest BCUT2D eigenvalue weighted by Crippen LogP contribution is 2.31. The van der Waals surface area contributed by atoms with Crippen molar-refractivity contribution in [2.45, 2.75) is 25.7 Å². The first kappa shape index (κ1) is 22.4. The number of nitrogens with zero attached hydrogens (tertiary/aromatic N) is 3. The van der Waals surface area contributed by atoms with E-state index in [-0.39, 0.29) is 43.0 Å². The normalized spacial score (nSPS) is 16.9. The van der Waals surface area contributed by atoms with Crippen LogP contribution in [0.5, 0.6) is 5.75 Å². The van der Waals surface area contributed by atoms with Crippen LogP contribution in [0, 0.1) is 0 Å². The van der Waals surface area contributed by atoms with Gasteiger partial charge < -0.3 is 14.5 Å². The summed E-state index contributed by atoms with van der Waals surface area (Å²) in [5.41, 5.74) is 0. The second kappa shape index (κ2) is 10.1. The number of piperazine rings is 1. The number of hydrogen-bond donors (Lipinski definition) is 0. The molecule has 2 saturated heterocycles. The SMILES string of the molecule is O=C(CCCOc1cccc(Cl)c1Cl)N1CCN(C(=O)CN2C(=O)CCC2=O)CC1. The lowest BCUT2D eigenvalue weighted by Crippen LogP contribution is -2.53. The van der Waals surface area contributed by atoms with Gasteiger partial charge in [-0.1, -0.05) is 29.3 Å². The van der Waals surface area contributed by atoms with Gasteiger partial charge in [0.2, 0.25) is 23.6 Å². The molecule has 2 heterocycles. The van der Waals surface area contributed by atoms with Crippen molar-refractivity contribution >= 4 is 46.8 Å². The largest absolute Gasteiger partial charge is 0.492 e. The Bertz CT molecular complexity index is 824. The number of likely N-dealkylation sites (tertiary alicyclic amines) is 1. The zero-order valence-corrected chi connectivity index (χ0v) is 18.0. The van der Waals surface area contributed by atoms with Crippen molar-refractivity contribution < 1.29 is 23.9 Å². The Labute approximate surface area is 184 Å². The van der Waals surface area contributed by atoms with Gasteiger partial charge in [0.1, 0.15) is 17.3 Å². The van der Waals surface area contributed by atoms with Gasteiger partial charge in [-0.2, -0.15) is 0 Å². The van der Waals surface area contributed by atoms with Gasteiger partial charge in [-0.15, -0.1) is 0 Å². The van der Waals surface area contributed by atoms with E-state index in [2.05, 4.69) is 0 Å². The third kappa shape index (κ3) is 5.43. The van der Waals surface area contributed by atoms with Crippen LogP contribution in [0.15, 0.2) is 18.2 Å². The highest BCUT2D eigenvalue weighted by molar-refractivity contribution is 6.42. The van der Waals surface area contributed by atoms with Crippen LogP contribution in [0.1, 0.15) is 25.7 Å². The molecular formula is C20H23Cl2N3O5. The van der Waals surface area contributed by atoms with Crippen LogP contribution >= 0.6 is 23.2 Å². The maximum atomic E-state index is 12.4. The third-order valence-electron chi connectivity index (χ3n) is 5.14. The number of carbonyl (C=O) groups is 4. The fraction of sp³-hybridized carbons (Fsp3) is 0.500. The molecule has 10 heteroatoms. The lowest BCUT2D eigenvalue weighted by Gasteiger charge is -2.35. The average Bonchev–Trinajstić information content (AvgIpc) is 3.06. The van der Waals surface area contributed by atoms with Gasteiger partial charge in [0.05, 0.1) is 11.6 Å². The molecular weight excluding hydrogens is 433 g/mol. The average molecular weight is 456 g/mol. The molecule has 1 aromatic carbocycles. The number of imide groups is 1. The molecule has 30 heavy (non-hydrogen) atoms. The van der Waals surface area contributed by atoms with Crippen molar-refractivity contribution in [3.63, 3.8) is 0 Å². The van der Waals surface area contributed by atoms with E-state index in [1.165, 1.54) is 0 Å². The number of rotatable bonds is 7. The van der Waals surface area contributed by atoms with Crippen LogP contribution < -0.4 is 4.74 Å². The van der Waals surface area contributed by atoms with E-state index in [0.29, 0.717) is 61.4 Å². The molecule has 2 fully saturated rings. The summed E-state index contributed by atoms with van der Waals surface area (Å²) in [7, 11) is 0. The zero-order valence-electron chi connectivity index (χ0n) is 16.4. The Balaban J connectivity index is 1.36. The second-order valence-corrected chi connectivity index (χ2v) is 7.92. The van der Waals surface area contributed by atoms with E-state index >= 15 is 0 Å². The first-order valence-electron chi connectivity index (χ1n) is 9.82. The van der Waals surface area contributed by atoms with E-state index in [9.17, 15) is 19.2 Å². The molecule has 0 aromatic heterocycles. The number of ether oxygens (including phenoxy) is 1. The minimum absolute atomic E-state index is 0.00668. The van der Waals surface area contributed by atoms with Gasteiger partial charge >= 0.3 is 0 Å². The summed E-state index contributed by atoms with van der Waals surface area (Å²) in [5.74, 6) is -0.393. The Hall–Kier alpha value is -2.32. The number of hydrogen-bond acceptors (Lipinski definition) is 5. The van der Waals surface area contributed by atoms with E-state index < -0.39 is 0 Å². The molecule has 0 atom stereocenters. The maximum absolute atomic E-state index is 12.4. The van der Waals surface area contributed by atoms with Crippen molar-refractivity contribution in [1.82, 2.24) is 14.7 Å². The topological polar surface area (TPSA) is 87.2 Å². The summed E-state index contributed by atoms with van der Waals surface area (Å²) < 4.78 is 5.58. The van der Waals surface area contributed by atoms with Crippen LogP contribution in [-0.4, -0.2) is 77.7 Å². The Morgan fingerprint density at radius 3 is 2.17 bits per heavy atom. The van der Waals surface area contributed by atoms with Crippen LogP contribution in [0.3, 0.4) is 0 Å². The minimum Gasteiger partial charge on any atom is -0.492 e. The standard InChI is InChI=1S/C20H23Cl2N3O5/c21-14-3-1-4-15(20(14)22)30-12-2-5-16(26)23-8-10-24(11-9-23)19(29)13-25-17(27)6-7-18(25)28/h1,3-4H,2,5-13H2. The predicted molar refractivity (Wildman–Crippen MR) is 110 cm³/mol. The molecule has 4 amide bonds. The summed E-state index contributed by atoms with van der Waals surface area (Å²) >= 11 is 12.0. The van der Waals surface area contributed by atoms with Crippen LogP contribution in [-0.2, 0) is 19.2 Å². The molecule has 2 aliphatic heterocycles. The van der Waals surface area contributed by atoms with Crippen molar-refractivity contribution in [2.75, 3.05) is 39.3 Å². The van der Waals surface area contributed by atoms with E-state index in [0.717, 1.165) is 4.90 Å². The van der Waals surface area contributed by atoms with Crippen LogP contribution in [0.4, 0.5) is 0 Å².